The van der Waals surface area contributed by atoms with E-state index in [1.807, 2.05) is 11.4 Å². The van der Waals surface area contributed by atoms with E-state index in [1.165, 1.54) is 0 Å². The standard InChI is InChI=1S/C12H30N4S/c1-6-14(4)8-11-16(10-7-13(2)3)12-9-15(5)17/h17H,6-12H2,1-5H3. The molecule has 0 saturated heterocycles. The van der Waals surface area contributed by atoms with Gasteiger partial charge in [0.1, 0.15) is 0 Å². The summed E-state index contributed by atoms with van der Waals surface area (Å²) in [6, 6.07) is 0. The van der Waals surface area contributed by atoms with Crippen LogP contribution in [0, 0.1) is 0 Å². The molecule has 0 aromatic rings. The van der Waals surface area contributed by atoms with Gasteiger partial charge in [-0.15, -0.1) is 0 Å². The Balaban J connectivity index is 3.92. The van der Waals surface area contributed by atoms with Crippen LogP contribution in [0.25, 0.3) is 0 Å². The first kappa shape index (κ1) is 17.2. The zero-order valence-corrected chi connectivity index (χ0v) is 13.1. The smallest absolute Gasteiger partial charge is 0.0212 e. The van der Waals surface area contributed by atoms with Gasteiger partial charge in [0, 0.05) is 39.3 Å². The van der Waals surface area contributed by atoms with Crippen LogP contribution in [0.4, 0.5) is 0 Å². The van der Waals surface area contributed by atoms with Crippen LogP contribution in [0.5, 0.6) is 0 Å². The van der Waals surface area contributed by atoms with Crippen LogP contribution in [0.3, 0.4) is 0 Å². The molecular weight excluding hydrogens is 232 g/mol. The Morgan fingerprint density at radius 3 is 1.76 bits per heavy atom. The third-order valence-electron chi connectivity index (χ3n) is 2.94. The molecule has 0 aliphatic rings. The maximum atomic E-state index is 4.29. The SMILES string of the molecule is CCN(C)CCN(CCN(C)C)CCN(C)S. The number of likely N-dealkylation sites (N-methyl/N-ethyl adjacent to an activating group) is 3. The summed E-state index contributed by atoms with van der Waals surface area (Å²) in [7, 11) is 8.43. The van der Waals surface area contributed by atoms with Crippen LogP contribution in [0.1, 0.15) is 6.92 Å². The van der Waals surface area contributed by atoms with Crippen molar-refractivity contribution in [3.63, 3.8) is 0 Å². The molecule has 0 amide bonds. The van der Waals surface area contributed by atoms with Gasteiger partial charge in [0.25, 0.3) is 0 Å². The molecule has 0 aliphatic heterocycles. The first-order valence-electron chi connectivity index (χ1n) is 6.41. The van der Waals surface area contributed by atoms with Crippen LogP contribution >= 0.6 is 12.8 Å². The van der Waals surface area contributed by atoms with Gasteiger partial charge < -0.3 is 9.80 Å². The summed E-state index contributed by atoms with van der Waals surface area (Å²) in [4.78, 5) is 7.10. The normalized spacial score (nSPS) is 12.4. The van der Waals surface area contributed by atoms with Gasteiger partial charge in [-0.25, -0.2) is 0 Å². The fourth-order valence-electron chi connectivity index (χ4n) is 1.43. The first-order valence-corrected chi connectivity index (χ1v) is 6.81. The third-order valence-corrected chi connectivity index (χ3v) is 3.14. The van der Waals surface area contributed by atoms with Gasteiger partial charge in [-0.05, 0) is 34.7 Å². The minimum Gasteiger partial charge on any atom is -0.308 e. The van der Waals surface area contributed by atoms with Gasteiger partial charge in [0.05, 0.1) is 0 Å². The average Bonchev–Trinajstić information content (AvgIpc) is 2.26. The maximum Gasteiger partial charge on any atom is 0.0212 e. The highest BCUT2D eigenvalue weighted by atomic mass is 32.1. The molecule has 0 N–H and O–H groups in total. The molecule has 0 aromatic carbocycles. The molecule has 0 fully saturated rings. The summed E-state index contributed by atoms with van der Waals surface area (Å²) in [5.74, 6) is 0. The minimum atomic E-state index is 1.01. The Morgan fingerprint density at radius 1 is 0.765 bits per heavy atom. The fourth-order valence-corrected chi connectivity index (χ4v) is 1.52. The Kier molecular flexibility index (Phi) is 10.3. The van der Waals surface area contributed by atoms with Crippen molar-refractivity contribution in [3.05, 3.63) is 0 Å². The molecule has 4 nitrogen and oxygen atoms in total. The molecule has 104 valence electrons. The highest BCUT2D eigenvalue weighted by molar-refractivity contribution is 7.77. The van der Waals surface area contributed by atoms with Crippen LogP contribution in [-0.2, 0) is 0 Å². The highest BCUT2D eigenvalue weighted by Crippen LogP contribution is 1.94. The summed E-state index contributed by atoms with van der Waals surface area (Å²) >= 11 is 4.29. The Bertz CT molecular complexity index is 164. The van der Waals surface area contributed by atoms with Gasteiger partial charge in [0.15, 0.2) is 0 Å². The molecule has 0 spiro atoms. The summed E-state index contributed by atoms with van der Waals surface area (Å²) in [5, 5.41) is 0. The number of nitrogens with zero attached hydrogens (tertiary/aromatic N) is 4. The van der Waals surface area contributed by atoms with Gasteiger partial charge in [-0.2, -0.15) is 0 Å². The molecule has 0 aliphatic carbocycles. The molecule has 0 unspecified atom stereocenters. The Morgan fingerprint density at radius 2 is 1.29 bits per heavy atom. The fraction of sp³-hybridized carbons (Fsp3) is 1.00. The van der Waals surface area contributed by atoms with Crippen molar-refractivity contribution < 1.29 is 0 Å². The lowest BCUT2D eigenvalue weighted by Crippen LogP contribution is -2.40. The molecule has 0 saturated carbocycles. The predicted octanol–water partition coefficient (Wildman–Crippen LogP) is 0.578. The molecule has 5 heteroatoms. The monoisotopic (exact) mass is 262 g/mol. The van der Waals surface area contributed by atoms with E-state index in [9.17, 15) is 0 Å². The summed E-state index contributed by atoms with van der Waals surface area (Å²) < 4.78 is 1.95. The Labute approximate surface area is 113 Å². The number of hydrogen-bond donors (Lipinski definition) is 1. The molecule has 0 rings (SSSR count). The number of thiol groups is 1. The van der Waals surface area contributed by atoms with E-state index in [-0.39, 0.29) is 0 Å². The largest absolute Gasteiger partial charge is 0.308 e. The molecule has 0 bridgehead atoms. The number of rotatable bonds is 10. The lowest BCUT2D eigenvalue weighted by Gasteiger charge is -2.27. The molecular formula is C12H30N4S. The second-order valence-corrected chi connectivity index (χ2v) is 5.60. The van der Waals surface area contributed by atoms with E-state index in [1.54, 1.807) is 0 Å². The van der Waals surface area contributed by atoms with Crippen molar-refractivity contribution in [2.45, 2.75) is 6.92 Å². The van der Waals surface area contributed by atoms with Crippen molar-refractivity contribution >= 4 is 12.8 Å². The van der Waals surface area contributed by atoms with Crippen LogP contribution in [0.2, 0.25) is 0 Å². The van der Waals surface area contributed by atoms with E-state index in [4.69, 9.17) is 0 Å². The number of hydrogen-bond acceptors (Lipinski definition) is 5. The van der Waals surface area contributed by atoms with Gasteiger partial charge in [0.2, 0.25) is 0 Å². The Hall–Kier alpha value is 0.190. The maximum absolute atomic E-state index is 4.29. The minimum absolute atomic E-state index is 1.01. The van der Waals surface area contributed by atoms with E-state index in [0.29, 0.717) is 0 Å². The van der Waals surface area contributed by atoms with Gasteiger partial charge >= 0.3 is 0 Å². The van der Waals surface area contributed by atoms with Crippen molar-refractivity contribution in [2.24, 2.45) is 0 Å². The van der Waals surface area contributed by atoms with E-state index in [2.05, 4.69) is 55.6 Å². The average molecular weight is 262 g/mol. The van der Waals surface area contributed by atoms with Crippen molar-refractivity contribution in [2.75, 3.05) is 74.0 Å². The third kappa shape index (κ3) is 11.0. The van der Waals surface area contributed by atoms with Crippen molar-refractivity contribution in [1.82, 2.24) is 19.0 Å². The van der Waals surface area contributed by atoms with Crippen LogP contribution in [-0.4, -0.2) is 93.0 Å². The molecule has 0 radical (unpaired) electrons. The second-order valence-electron chi connectivity index (χ2n) is 4.92. The van der Waals surface area contributed by atoms with E-state index < -0.39 is 0 Å². The topological polar surface area (TPSA) is 13.0 Å². The van der Waals surface area contributed by atoms with Crippen LogP contribution < -0.4 is 0 Å². The highest BCUT2D eigenvalue weighted by Gasteiger charge is 2.07. The molecule has 0 atom stereocenters. The summed E-state index contributed by atoms with van der Waals surface area (Å²) in [6.07, 6.45) is 0. The lowest BCUT2D eigenvalue weighted by atomic mass is 10.4. The second kappa shape index (κ2) is 10.1. The molecule has 0 heterocycles. The molecule has 17 heavy (non-hydrogen) atoms. The zero-order chi connectivity index (χ0) is 13.3. The van der Waals surface area contributed by atoms with E-state index in [0.717, 1.165) is 45.8 Å². The quantitative estimate of drug-likeness (QED) is 0.578. The van der Waals surface area contributed by atoms with Gasteiger partial charge in [-0.1, -0.05) is 19.7 Å². The van der Waals surface area contributed by atoms with Crippen molar-refractivity contribution in [1.29, 1.82) is 0 Å². The predicted molar refractivity (Wildman–Crippen MR) is 79.8 cm³/mol. The molecule has 0 aromatic heterocycles. The lowest BCUT2D eigenvalue weighted by molar-refractivity contribution is 0.205. The van der Waals surface area contributed by atoms with Crippen molar-refractivity contribution in [3.8, 4) is 0 Å². The van der Waals surface area contributed by atoms with Gasteiger partial charge in [-0.3, -0.25) is 9.21 Å². The summed E-state index contributed by atoms with van der Waals surface area (Å²) in [5.41, 5.74) is 0. The van der Waals surface area contributed by atoms with E-state index >= 15 is 0 Å². The summed E-state index contributed by atoms with van der Waals surface area (Å²) in [6.45, 7) is 9.94. The first-order chi connectivity index (χ1) is 7.95. The van der Waals surface area contributed by atoms with Crippen LogP contribution in [0.15, 0.2) is 0 Å². The zero-order valence-electron chi connectivity index (χ0n) is 12.2.